The second-order valence-corrected chi connectivity index (χ2v) is 6.60. The molecule has 0 fully saturated rings. The van der Waals surface area contributed by atoms with E-state index in [0.29, 0.717) is 5.02 Å². The van der Waals surface area contributed by atoms with Gasteiger partial charge < -0.3 is 4.74 Å². The van der Waals surface area contributed by atoms with Gasteiger partial charge in [0.15, 0.2) is 0 Å². The van der Waals surface area contributed by atoms with Gasteiger partial charge in [-0.2, -0.15) is 0 Å². The first kappa shape index (κ1) is 14.6. The Labute approximate surface area is 140 Å². The zero-order valence-electron chi connectivity index (χ0n) is 11.1. The summed E-state index contributed by atoms with van der Waals surface area (Å²) < 4.78 is 6.43. The first-order valence-corrected chi connectivity index (χ1v) is 8.28. The zero-order valence-corrected chi connectivity index (χ0v) is 14.3. The van der Waals surface area contributed by atoms with Crippen molar-refractivity contribution in [2.45, 2.75) is 0 Å². The lowest BCUT2D eigenvalue weighted by Crippen LogP contribution is -1.87. The van der Waals surface area contributed by atoms with Crippen LogP contribution >= 0.6 is 38.9 Å². The second-order valence-electron chi connectivity index (χ2n) is 4.39. The Hall–Kier alpha value is -1.36. The van der Waals surface area contributed by atoms with Gasteiger partial charge in [-0.3, -0.25) is 0 Å². The molecule has 0 atom stereocenters. The van der Waals surface area contributed by atoms with Crippen LogP contribution in [0.15, 0.2) is 52.3 Å². The molecule has 0 saturated carbocycles. The SMILES string of the molecule is COc1cc(Cl)ccc1-c1nc(-c2cccc(Br)c2)cs1. The van der Waals surface area contributed by atoms with Crippen molar-refractivity contribution in [3.05, 3.63) is 57.3 Å². The van der Waals surface area contributed by atoms with Crippen LogP contribution in [0.1, 0.15) is 0 Å². The molecule has 5 heteroatoms. The Morgan fingerprint density at radius 1 is 1.19 bits per heavy atom. The topological polar surface area (TPSA) is 22.1 Å². The molecule has 0 radical (unpaired) electrons. The molecule has 3 rings (SSSR count). The molecule has 3 aromatic rings. The number of rotatable bonds is 3. The van der Waals surface area contributed by atoms with E-state index < -0.39 is 0 Å². The van der Waals surface area contributed by atoms with Gasteiger partial charge in [-0.1, -0.05) is 39.7 Å². The predicted octanol–water partition coefficient (Wildman–Crippen LogP) is 5.90. The molecule has 2 aromatic carbocycles. The van der Waals surface area contributed by atoms with Crippen molar-refractivity contribution in [2.75, 3.05) is 7.11 Å². The van der Waals surface area contributed by atoms with Crippen LogP contribution in [0, 0.1) is 0 Å². The molecule has 0 N–H and O–H groups in total. The van der Waals surface area contributed by atoms with Crippen LogP contribution in [0.2, 0.25) is 5.02 Å². The number of nitrogens with zero attached hydrogens (tertiary/aromatic N) is 1. The number of hydrogen-bond donors (Lipinski definition) is 0. The molecule has 21 heavy (non-hydrogen) atoms. The van der Waals surface area contributed by atoms with Crippen molar-refractivity contribution in [3.63, 3.8) is 0 Å². The average molecular weight is 381 g/mol. The maximum Gasteiger partial charge on any atom is 0.130 e. The normalized spacial score (nSPS) is 10.6. The standard InChI is InChI=1S/C16H11BrClNOS/c1-20-15-8-12(18)5-6-13(15)16-19-14(9-21-16)10-3-2-4-11(17)7-10/h2-9H,1H3. The lowest BCUT2D eigenvalue weighted by molar-refractivity contribution is 0.416. The Bertz CT molecular complexity index is 787. The molecule has 2 nitrogen and oxygen atoms in total. The van der Waals surface area contributed by atoms with Gasteiger partial charge in [0.25, 0.3) is 0 Å². The Morgan fingerprint density at radius 2 is 2.05 bits per heavy atom. The van der Waals surface area contributed by atoms with Gasteiger partial charge in [0.1, 0.15) is 10.8 Å². The van der Waals surface area contributed by atoms with E-state index in [2.05, 4.69) is 22.0 Å². The molecule has 0 unspecified atom stereocenters. The summed E-state index contributed by atoms with van der Waals surface area (Å²) in [7, 11) is 1.64. The van der Waals surface area contributed by atoms with Crippen LogP contribution in [0.25, 0.3) is 21.8 Å². The van der Waals surface area contributed by atoms with Gasteiger partial charge in [-0.25, -0.2) is 4.98 Å². The molecular formula is C16H11BrClNOS. The van der Waals surface area contributed by atoms with E-state index in [1.54, 1.807) is 24.5 Å². The largest absolute Gasteiger partial charge is 0.496 e. The highest BCUT2D eigenvalue weighted by atomic mass is 79.9. The number of benzene rings is 2. The molecular weight excluding hydrogens is 370 g/mol. The van der Waals surface area contributed by atoms with Crippen LogP contribution in [0.4, 0.5) is 0 Å². The van der Waals surface area contributed by atoms with Crippen LogP contribution in [-0.4, -0.2) is 12.1 Å². The van der Waals surface area contributed by atoms with Crippen LogP contribution < -0.4 is 4.74 Å². The maximum absolute atomic E-state index is 6.00. The van der Waals surface area contributed by atoms with E-state index in [1.165, 1.54) is 0 Å². The van der Waals surface area contributed by atoms with Crippen molar-refractivity contribution in [1.82, 2.24) is 4.98 Å². The summed E-state index contributed by atoms with van der Waals surface area (Å²) in [4.78, 5) is 4.70. The number of hydrogen-bond acceptors (Lipinski definition) is 3. The molecule has 1 heterocycles. The van der Waals surface area contributed by atoms with Crippen molar-refractivity contribution < 1.29 is 4.74 Å². The Balaban J connectivity index is 2.02. The first-order chi connectivity index (χ1) is 10.2. The quantitative estimate of drug-likeness (QED) is 0.564. The highest BCUT2D eigenvalue weighted by Gasteiger charge is 2.12. The number of thiazole rings is 1. The van der Waals surface area contributed by atoms with Crippen molar-refractivity contribution in [1.29, 1.82) is 0 Å². The fraction of sp³-hybridized carbons (Fsp3) is 0.0625. The highest BCUT2D eigenvalue weighted by molar-refractivity contribution is 9.10. The summed E-state index contributed by atoms with van der Waals surface area (Å²) in [6, 6.07) is 13.7. The van der Waals surface area contributed by atoms with Crippen LogP contribution in [0.3, 0.4) is 0 Å². The summed E-state index contributed by atoms with van der Waals surface area (Å²) in [5.41, 5.74) is 2.99. The van der Waals surface area contributed by atoms with E-state index in [-0.39, 0.29) is 0 Å². The molecule has 0 aliphatic rings. The average Bonchev–Trinajstić information content (AvgIpc) is 2.96. The molecule has 1 aromatic heterocycles. The van der Waals surface area contributed by atoms with E-state index in [9.17, 15) is 0 Å². The lowest BCUT2D eigenvalue weighted by Gasteiger charge is -2.06. The van der Waals surface area contributed by atoms with Gasteiger partial charge >= 0.3 is 0 Å². The van der Waals surface area contributed by atoms with Crippen molar-refractivity contribution in [3.8, 4) is 27.6 Å². The number of halogens is 2. The third kappa shape index (κ3) is 3.12. The third-order valence-corrected chi connectivity index (χ3v) is 4.62. The summed E-state index contributed by atoms with van der Waals surface area (Å²) in [5.74, 6) is 0.734. The van der Waals surface area contributed by atoms with Gasteiger partial charge in [-0.15, -0.1) is 11.3 Å². The smallest absolute Gasteiger partial charge is 0.130 e. The minimum atomic E-state index is 0.652. The molecule has 0 aliphatic carbocycles. The molecule has 0 spiro atoms. The lowest BCUT2D eigenvalue weighted by atomic mass is 10.2. The number of aromatic nitrogens is 1. The van der Waals surface area contributed by atoms with E-state index >= 15 is 0 Å². The summed E-state index contributed by atoms with van der Waals surface area (Å²) in [6.07, 6.45) is 0. The summed E-state index contributed by atoms with van der Waals surface area (Å²) in [5, 5.41) is 3.61. The van der Waals surface area contributed by atoms with Gasteiger partial charge in [0.2, 0.25) is 0 Å². The monoisotopic (exact) mass is 379 g/mol. The van der Waals surface area contributed by atoms with E-state index in [4.69, 9.17) is 21.3 Å². The van der Waals surface area contributed by atoms with Gasteiger partial charge in [0.05, 0.1) is 18.4 Å². The zero-order chi connectivity index (χ0) is 14.8. The van der Waals surface area contributed by atoms with Gasteiger partial charge in [-0.05, 0) is 30.3 Å². The molecule has 0 saturated heterocycles. The molecule has 0 amide bonds. The summed E-state index contributed by atoms with van der Waals surface area (Å²) in [6.45, 7) is 0. The highest BCUT2D eigenvalue weighted by Crippen LogP contribution is 2.36. The second kappa shape index (κ2) is 6.18. The predicted molar refractivity (Wildman–Crippen MR) is 92.2 cm³/mol. The van der Waals surface area contributed by atoms with Crippen LogP contribution in [-0.2, 0) is 0 Å². The van der Waals surface area contributed by atoms with Gasteiger partial charge in [0, 0.05) is 20.4 Å². The summed E-state index contributed by atoms with van der Waals surface area (Å²) >= 11 is 11.1. The third-order valence-electron chi connectivity index (χ3n) is 3.02. The van der Waals surface area contributed by atoms with E-state index in [1.807, 2.05) is 35.7 Å². The van der Waals surface area contributed by atoms with Crippen molar-refractivity contribution >= 4 is 38.9 Å². The first-order valence-electron chi connectivity index (χ1n) is 6.23. The fourth-order valence-electron chi connectivity index (χ4n) is 2.02. The fourth-order valence-corrected chi connectivity index (χ4v) is 3.44. The maximum atomic E-state index is 6.00. The van der Waals surface area contributed by atoms with Crippen LogP contribution in [0.5, 0.6) is 5.75 Å². The molecule has 0 aliphatic heterocycles. The Kier molecular flexibility index (Phi) is 4.29. The molecule has 106 valence electrons. The van der Waals surface area contributed by atoms with E-state index in [0.717, 1.165) is 32.1 Å². The Morgan fingerprint density at radius 3 is 2.81 bits per heavy atom. The molecule has 0 bridgehead atoms. The number of ether oxygens (including phenoxy) is 1. The minimum absolute atomic E-state index is 0.652. The minimum Gasteiger partial charge on any atom is -0.496 e. The van der Waals surface area contributed by atoms with Crippen molar-refractivity contribution in [2.24, 2.45) is 0 Å². The number of methoxy groups -OCH3 is 1.